The molecule has 0 radical (unpaired) electrons. The molecule has 0 aromatic heterocycles. The minimum Gasteiger partial charge on any atom is -0.556 e. The van der Waals surface area contributed by atoms with Gasteiger partial charge in [0.25, 0.3) is 0 Å². The van der Waals surface area contributed by atoms with Crippen LogP contribution in [0.4, 0.5) is 0 Å². The topological polar surface area (TPSA) is 38.7 Å². The fourth-order valence-corrected chi connectivity index (χ4v) is 8.52. The normalized spacial score (nSPS) is 13.2. The molecule has 0 saturated heterocycles. The molecular formula is C26H32O3Si-. The molecule has 3 rings (SSSR count). The Morgan fingerprint density at radius 2 is 1.20 bits per heavy atom. The highest BCUT2D eigenvalue weighted by Gasteiger charge is 2.37. The molecule has 1 atom stereocenters. The van der Waals surface area contributed by atoms with Crippen molar-refractivity contribution in [2.75, 3.05) is 13.2 Å². The molecule has 3 aromatic carbocycles. The van der Waals surface area contributed by atoms with Crippen LogP contribution in [0.1, 0.15) is 26.3 Å². The van der Waals surface area contributed by atoms with Gasteiger partial charge in [0.15, 0.2) is 0 Å². The number of hydrogen-bond acceptors (Lipinski definition) is 3. The zero-order valence-electron chi connectivity index (χ0n) is 18.1. The Labute approximate surface area is 181 Å². The lowest BCUT2D eigenvalue weighted by molar-refractivity contribution is 0.00354. The second-order valence-electron chi connectivity index (χ2n) is 8.63. The molecule has 1 N–H and O–H groups in total. The molecule has 0 aliphatic heterocycles. The first-order valence-electron chi connectivity index (χ1n) is 10.5. The van der Waals surface area contributed by atoms with Crippen molar-refractivity contribution in [2.45, 2.75) is 38.5 Å². The van der Waals surface area contributed by atoms with Gasteiger partial charge in [0, 0.05) is 6.61 Å². The second kappa shape index (κ2) is 10.2. The highest BCUT2D eigenvalue weighted by Crippen LogP contribution is 2.36. The van der Waals surface area contributed by atoms with Crippen molar-refractivity contribution < 1.29 is 14.3 Å². The first kappa shape index (κ1) is 22.4. The van der Waals surface area contributed by atoms with Crippen molar-refractivity contribution in [1.29, 1.82) is 0 Å². The maximum atomic E-state index is 10.6. The Morgan fingerprint density at radius 1 is 0.733 bits per heavy atom. The monoisotopic (exact) mass is 420 g/mol. The second-order valence-corrected chi connectivity index (χ2v) is 12.9. The molecule has 0 aliphatic rings. The zero-order valence-corrected chi connectivity index (χ0v) is 19.1. The third kappa shape index (κ3) is 5.27. The van der Waals surface area contributed by atoms with Crippen LogP contribution in [-0.2, 0) is 15.8 Å². The van der Waals surface area contributed by atoms with Gasteiger partial charge in [0.05, 0.1) is 27.6 Å². The minimum absolute atomic E-state index is 0.111. The van der Waals surface area contributed by atoms with Crippen LogP contribution in [0.2, 0.25) is 5.04 Å². The van der Waals surface area contributed by atoms with Crippen LogP contribution in [-0.4, -0.2) is 32.7 Å². The van der Waals surface area contributed by atoms with E-state index in [1.807, 2.05) is 42.5 Å². The van der Waals surface area contributed by atoms with Gasteiger partial charge in [-0.25, -0.2) is 0 Å². The van der Waals surface area contributed by atoms with Gasteiger partial charge in [0.2, 0.25) is 0 Å². The summed E-state index contributed by atoms with van der Waals surface area (Å²) in [6, 6.07) is 30.9. The molecule has 30 heavy (non-hydrogen) atoms. The average molecular weight is 421 g/mol. The molecule has 0 saturated carbocycles. The summed E-state index contributed by atoms with van der Waals surface area (Å²) in [6.07, 6.45) is -0.685. The Morgan fingerprint density at radius 3 is 1.67 bits per heavy atom. The van der Waals surface area contributed by atoms with E-state index in [2.05, 4.69) is 69.3 Å². The Kier molecular flexibility index (Phi) is 7.62. The maximum Gasteiger partial charge on any atom is 0.0968 e. The van der Waals surface area contributed by atoms with Crippen molar-refractivity contribution in [2.24, 2.45) is 0 Å². The van der Waals surface area contributed by atoms with Crippen LogP contribution in [0.25, 0.3) is 0 Å². The van der Waals surface area contributed by atoms with Crippen molar-refractivity contribution >= 4 is 18.7 Å². The van der Waals surface area contributed by atoms with Gasteiger partial charge in [-0.3, -0.25) is 0 Å². The van der Waals surface area contributed by atoms with Crippen LogP contribution in [0, 0.1) is 0 Å². The van der Waals surface area contributed by atoms with Crippen molar-refractivity contribution in [1.82, 2.24) is 0 Å². The lowest BCUT2D eigenvalue weighted by Gasteiger charge is -2.55. The number of benzene rings is 3. The van der Waals surface area contributed by atoms with E-state index in [0.29, 0.717) is 6.61 Å². The van der Waals surface area contributed by atoms with Crippen LogP contribution in [0.3, 0.4) is 0 Å². The van der Waals surface area contributed by atoms with E-state index in [9.17, 15) is 5.11 Å². The fraction of sp³-hybridized carbons (Fsp3) is 0.308. The lowest BCUT2D eigenvalue weighted by Crippen LogP contribution is -2.67. The van der Waals surface area contributed by atoms with Crippen LogP contribution < -0.4 is 10.4 Å². The molecule has 0 fully saturated rings. The van der Waals surface area contributed by atoms with E-state index >= 15 is 0 Å². The summed E-state index contributed by atoms with van der Waals surface area (Å²) in [6.45, 7) is 7.67. The quantitative estimate of drug-likeness (QED) is 0.529. The van der Waals surface area contributed by atoms with E-state index in [1.165, 1.54) is 10.4 Å². The summed E-state index contributed by atoms with van der Waals surface area (Å²) >= 11 is 0. The summed E-state index contributed by atoms with van der Waals surface area (Å²) in [7, 11) is -2.63. The van der Waals surface area contributed by atoms with Gasteiger partial charge in [0.1, 0.15) is 0 Å². The largest absolute Gasteiger partial charge is 0.556 e. The number of ether oxygens (including phenoxy) is 1. The van der Waals surface area contributed by atoms with E-state index in [0.717, 1.165) is 5.56 Å². The van der Waals surface area contributed by atoms with Gasteiger partial charge >= 0.3 is 0 Å². The van der Waals surface area contributed by atoms with Gasteiger partial charge in [-0.2, -0.15) is 10.4 Å². The third-order valence-corrected chi connectivity index (χ3v) is 10.3. The molecule has 0 aliphatic carbocycles. The first-order valence-corrected chi connectivity index (χ1v) is 12.4. The predicted molar refractivity (Wildman–Crippen MR) is 126 cm³/mol. The zero-order chi connectivity index (χ0) is 21.5. The average Bonchev–Trinajstić information content (AvgIpc) is 2.75. The summed E-state index contributed by atoms with van der Waals surface area (Å²) < 4.78 is 12.5. The third-order valence-electron chi connectivity index (χ3n) is 5.33. The summed E-state index contributed by atoms with van der Waals surface area (Å²) in [4.78, 5) is 0. The molecular weight excluding hydrogens is 388 g/mol. The van der Waals surface area contributed by atoms with Crippen LogP contribution >= 0.6 is 0 Å². The SMILES string of the molecule is CC(C)(C)[Si-](OC[C@H](O)COCc1ccccc1)(c1ccccc1)c1ccccc1. The molecule has 159 valence electrons. The predicted octanol–water partition coefficient (Wildman–Crippen LogP) is 4.14. The summed E-state index contributed by atoms with van der Waals surface area (Å²) in [5.41, 5.74) is 1.10. The molecule has 0 heterocycles. The molecule has 0 amide bonds. The Balaban J connectivity index is 1.77. The maximum absolute atomic E-state index is 10.6. The number of aliphatic hydroxyl groups excluding tert-OH is 1. The lowest BCUT2D eigenvalue weighted by atomic mass is 10.2. The fourth-order valence-electron chi connectivity index (χ4n) is 3.92. The molecule has 4 heteroatoms. The number of rotatable bonds is 9. The summed E-state index contributed by atoms with van der Waals surface area (Å²) in [5.74, 6) is 0. The van der Waals surface area contributed by atoms with Crippen LogP contribution in [0.15, 0.2) is 91.0 Å². The molecule has 3 aromatic rings. The molecule has 3 nitrogen and oxygen atoms in total. The minimum atomic E-state index is -2.63. The van der Waals surface area contributed by atoms with Gasteiger partial charge in [-0.15, -0.1) is 5.04 Å². The van der Waals surface area contributed by atoms with E-state index < -0.39 is 14.4 Å². The van der Waals surface area contributed by atoms with Gasteiger partial charge < -0.3 is 14.3 Å². The van der Waals surface area contributed by atoms with E-state index in [1.54, 1.807) is 0 Å². The van der Waals surface area contributed by atoms with Crippen LogP contribution in [0.5, 0.6) is 0 Å². The molecule has 0 spiro atoms. The van der Waals surface area contributed by atoms with Crippen molar-refractivity contribution in [3.05, 3.63) is 96.6 Å². The van der Waals surface area contributed by atoms with E-state index in [-0.39, 0.29) is 18.3 Å². The van der Waals surface area contributed by atoms with Crippen molar-refractivity contribution in [3.63, 3.8) is 0 Å². The molecule has 0 bridgehead atoms. The highest BCUT2D eigenvalue weighted by atomic mass is 28.4. The van der Waals surface area contributed by atoms with Gasteiger partial charge in [-0.1, -0.05) is 112 Å². The smallest absolute Gasteiger partial charge is 0.0968 e. The van der Waals surface area contributed by atoms with Gasteiger partial charge in [-0.05, 0) is 5.56 Å². The highest BCUT2D eigenvalue weighted by molar-refractivity contribution is 6.99. The standard InChI is InChI=1S/C26H32O3Si/c1-26(2,3)30(24-15-9-5-10-16-24,25-17-11-6-12-18-25)29-21-23(27)20-28-19-22-13-7-4-8-14-22/h4-18,23,27H,19-21H2,1-3H3/q-1/t23-/m1/s1. The number of aliphatic hydroxyl groups is 1. The Hall–Kier alpha value is -2.24. The molecule has 0 unspecified atom stereocenters. The Bertz CT molecular complexity index is 837. The van der Waals surface area contributed by atoms with Crippen molar-refractivity contribution in [3.8, 4) is 0 Å². The van der Waals surface area contributed by atoms with E-state index in [4.69, 9.17) is 9.16 Å². The summed E-state index contributed by atoms with van der Waals surface area (Å²) in [5, 5.41) is 12.9. The number of hydrogen-bond donors (Lipinski definition) is 1. The first-order chi connectivity index (χ1) is 14.4.